The van der Waals surface area contributed by atoms with Crippen LogP contribution in [-0.2, 0) is 53.0 Å². The number of hydrogen-bond donors (Lipinski definition) is 4. The molecule has 0 unspecified atom stereocenters. The maximum absolute atomic E-state index is 12.2. The normalized spacial score (nSPS) is 10.3. The summed E-state index contributed by atoms with van der Waals surface area (Å²) in [6, 6.07) is 27.5. The zero-order valence-corrected chi connectivity index (χ0v) is 66.9. The molecular formula is C84H137N3NaO13+. The molecule has 5 N–H and O–H groups in total. The predicted molar refractivity (Wildman–Crippen MR) is 410 cm³/mol. The molecule has 16 nitrogen and oxygen atoms in total. The summed E-state index contributed by atoms with van der Waals surface area (Å²) in [4.78, 5) is 63.9. The zero-order chi connectivity index (χ0) is 73.7. The van der Waals surface area contributed by atoms with E-state index in [1.54, 1.807) is 25.3 Å². The van der Waals surface area contributed by atoms with Crippen molar-refractivity contribution in [2.45, 2.75) is 312 Å². The van der Waals surface area contributed by atoms with E-state index in [0.717, 1.165) is 48.8 Å². The summed E-state index contributed by atoms with van der Waals surface area (Å²) in [7, 11) is 3.24. The van der Waals surface area contributed by atoms with Gasteiger partial charge in [0.2, 0.25) is 18.6 Å². The Morgan fingerprint density at radius 1 is 0.436 bits per heavy atom. The molecule has 0 aromatic heterocycles. The van der Waals surface area contributed by atoms with Gasteiger partial charge >= 0.3 is 41.5 Å². The minimum absolute atomic E-state index is 0. The van der Waals surface area contributed by atoms with Crippen molar-refractivity contribution in [3.63, 3.8) is 0 Å². The molecule has 2 amide bonds. The summed E-state index contributed by atoms with van der Waals surface area (Å²) >= 11 is 0. The summed E-state index contributed by atoms with van der Waals surface area (Å²) in [6.45, 7) is 14.9. The molecule has 0 bridgehead atoms. The molecule has 4 aromatic carbocycles. The van der Waals surface area contributed by atoms with E-state index in [2.05, 4.69) is 71.2 Å². The van der Waals surface area contributed by atoms with E-state index in [4.69, 9.17) is 34.6 Å². The van der Waals surface area contributed by atoms with Gasteiger partial charge in [0.25, 0.3) is 5.97 Å². The number of amides is 2. The van der Waals surface area contributed by atoms with E-state index in [0.29, 0.717) is 69.0 Å². The number of carboxylic acid groups (broad SMARTS) is 1. The number of unbranched alkanes of at least 4 members (excludes halogenated alkanes) is 32. The SMILES string of the molecule is CC(=O)O.CC(=O)OCOC(C)=O.CCCCCCCCCCCCCCCCCCCCc1ccc(OCCCC(=O)NCc2ccc(C)cc2)cc1OC.CCCCCCCCCCCCCCCCCCN.COc1cc(OCCCC(=O)NCc2ccc(C)cc2)ccc1C=O.[Na+]. The third kappa shape index (κ3) is 63.5. The maximum Gasteiger partial charge on any atom is 1.00 e. The first-order valence-corrected chi connectivity index (χ1v) is 38.4. The molecule has 0 atom stereocenters. The van der Waals surface area contributed by atoms with Gasteiger partial charge in [-0.05, 0) is 87.4 Å². The molecular weight excluding hydrogens is 1280 g/mol. The van der Waals surface area contributed by atoms with Gasteiger partial charge in [0.05, 0.1) is 33.0 Å². The van der Waals surface area contributed by atoms with Crippen LogP contribution in [0.2, 0.25) is 0 Å². The molecule has 0 radical (unpaired) electrons. The van der Waals surface area contributed by atoms with E-state index in [9.17, 15) is 24.0 Å². The van der Waals surface area contributed by atoms with Gasteiger partial charge in [-0.3, -0.25) is 28.8 Å². The number of ether oxygens (including phenoxy) is 6. The molecule has 566 valence electrons. The number of nitrogens with two attached hydrogens (primary N) is 1. The molecule has 0 heterocycles. The molecule has 4 aromatic rings. The number of benzene rings is 4. The first-order chi connectivity index (χ1) is 48.5. The molecule has 0 fully saturated rings. The molecule has 0 aliphatic heterocycles. The summed E-state index contributed by atoms with van der Waals surface area (Å²) in [5, 5.41) is 13.3. The fourth-order valence-corrected chi connectivity index (χ4v) is 10.8. The minimum Gasteiger partial charge on any atom is -0.496 e. The molecule has 0 spiro atoms. The average Bonchev–Trinajstić information content (AvgIpc) is 0.890. The molecule has 17 heteroatoms. The van der Waals surface area contributed by atoms with Crippen molar-refractivity contribution in [1.82, 2.24) is 10.6 Å². The second kappa shape index (κ2) is 71.1. The van der Waals surface area contributed by atoms with Crippen LogP contribution in [0.4, 0.5) is 0 Å². The van der Waals surface area contributed by atoms with E-state index in [-0.39, 0.29) is 48.2 Å². The van der Waals surface area contributed by atoms with Crippen LogP contribution in [0.25, 0.3) is 0 Å². The Hall–Kier alpha value is -5.94. The second-order valence-corrected chi connectivity index (χ2v) is 26.2. The monoisotopic (exact) mass is 1420 g/mol. The van der Waals surface area contributed by atoms with Crippen molar-refractivity contribution in [3.05, 3.63) is 118 Å². The van der Waals surface area contributed by atoms with Gasteiger partial charge in [0, 0.05) is 58.8 Å². The van der Waals surface area contributed by atoms with Crippen LogP contribution in [0.15, 0.2) is 84.9 Å². The molecule has 0 aliphatic carbocycles. The first-order valence-electron chi connectivity index (χ1n) is 38.4. The van der Waals surface area contributed by atoms with Gasteiger partial charge in [-0.15, -0.1) is 0 Å². The zero-order valence-electron chi connectivity index (χ0n) is 64.9. The van der Waals surface area contributed by atoms with E-state index < -0.39 is 17.9 Å². The Labute approximate surface area is 634 Å². The first kappa shape index (κ1) is 97.1. The van der Waals surface area contributed by atoms with Crippen LogP contribution in [0.1, 0.15) is 317 Å². The number of hydrogen-bond acceptors (Lipinski definition) is 13. The van der Waals surface area contributed by atoms with Gasteiger partial charge in [-0.25, -0.2) is 0 Å². The van der Waals surface area contributed by atoms with Gasteiger partial charge in [-0.2, -0.15) is 0 Å². The van der Waals surface area contributed by atoms with Crippen LogP contribution in [0.5, 0.6) is 23.0 Å². The van der Waals surface area contributed by atoms with E-state index in [1.807, 2.05) is 43.3 Å². The molecule has 0 saturated heterocycles. The van der Waals surface area contributed by atoms with Gasteiger partial charge in [0.15, 0.2) is 6.29 Å². The quantitative estimate of drug-likeness (QED) is 0.0106. The summed E-state index contributed by atoms with van der Waals surface area (Å²) in [5.41, 5.74) is 11.8. The summed E-state index contributed by atoms with van der Waals surface area (Å²) < 4.78 is 30.8. The number of carbonyl (C=O) groups is 6. The number of carbonyl (C=O) groups excluding carboxylic acids is 5. The van der Waals surface area contributed by atoms with Gasteiger partial charge in [-0.1, -0.05) is 285 Å². The topological polar surface area (TPSA) is 228 Å². The second-order valence-electron chi connectivity index (χ2n) is 26.2. The fraction of sp³-hybridized carbons (Fsp3) is 0.643. The smallest absolute Gasteiger partial charge is 0.496 e. The van der Waals surface area contributed by atoms with Crippen molar-refractivity contribution in [1.29, 1.82) is 0 Å². The molecule has 0 saturated carbocycles. The van der Waals surface area contributed by atoms with Crippen LogP contribution >= 0.6 is 0 Å². The van der Waals surface area contributed by atoms with Crippen LogP contribution in [0, 0.1) is 13.8 Å². The Kier molecular flexibility index (Phi) is 68.3. The number of rotatable bonds is 54. The molecule has 0 aliphatic rings. The van der Waals surface area contributed by atoms with Crippen LogP contribution in [-0.4, -0.2) is 81.9 Å². The van der Waals surface area contributed by atoms with Crippen LogP contribution < -0.4 is 64.9 Å². The number of nitrogens with one attached hydrogen (secondary N) is 2. The van der Waals surface area contributed by atoms with Crippen molar-refractivity contribution < 1.29 is 91.9 Å². The van der Waals surface area contributed by atoms with Crippen molar-refractivity contribution >= 4 is 36.0 Å². The number of aryl methyl sites for hydroxylation is 3. The third-order valence-electron chi connectivity index (χ3n) is 16.8. The summed E-state index contributed by atoms with van der Waals surface area (Å²) in [5.74, 6) is 1.09. The Bertz CT molecular complexity index is 2600. The van der Waals surface area contributed by atoms with Crippen molar-refractivity contribution in [2.24, 2.45) is 5.73 Å². The van der Waals surface area contributed by atoms with Gasteiger partial charge in [0.1, 0.15) is 23.0 Å². The fourth-order valence-electron chi connectivity index (χ4n) is 10.8. The standard InChI is InChI=1S/C39H63NO3.C20H23NO4.C18H39N.C5H8O4.C2H4O2.Na/c1-4-5-6-7-8-9-10-11-12-13-14-15-16-17-18-19-20-21-23-36-29-30-37(32-38(36)42-3)43-31-22-24-39(41)40-33-35-27-25-34(2)26-28-35;1-15-5-7-16(8-6-15)13-21-20(23)4-3-11-25-18-10-9-17(14-22)19(12-18)24-2;1-2-3-4-5-6-7-8-9-10-11-12-13-14-15-16-17-18-19;1-4(6)8-3-9-5(2)7;1-2(3)4;/h25-30,32H,4-24,31,33H2,1-3H3,(H,40,41);5-10,12,14H,3-4,11,13H2,1-2H3,(H,21,23);2-19H2,1H3;3H2,1-2H3;1H3,(H,3,4);/q;;;;;+1. The van der Waals surface area contributed by atoms with E-state index >= 15 is 0 Å². The number of esters is 2. The summed E-state index contributed by atoms with van der Waals surface area (Å²) in [6.07, 6.45) is 52.0. The van der Waals surface area contributed by atoms with Gasteiger partial charge < -0.3 is 49.9 Å². The number of aldehydes is 1. The number of aliphatic carboxylic acids is 1. The third-order valence-corrected chi connectivity index (χ3v) is 16.8. The largest absolute Gasteiger partial charge is 1.00 e. The Balaban J connectivity index is 0. The molecule has 4 rings (SSSR count). The average molecular weight is 1420 g/mol. The van der Waals surface area contributed by atoms with E-state index in [1.165, 1.54) is 256 Å². The van der Waals surface area contributed by atoms with Crippen molar-refractivity contribution in [2.75, 3.05) is 40.8 Å². The van der Waals surface area contributed by atoms with Crippen LogP contribution in [0.3, 0.4) is 0 Å². The molecule has 101 heavy (non-hydrogen) atoms. The maximum atomic E-state index is 12.2. The minimum atomic E-state index is -0.833. The number of methoxy groups -OCH3 is 2. The Morgan fingerprint density at radius 3 is 1.07 bits per heavy atom. The number of carboxylic acids is 1. The predicted octanol–water partition coefficient (Wildman–Crippen LogP) is 17.7. The Morgan fingerprint density at radius 2 is 0.752 bits per heavy atom. The van der Waals surface area contributed by atoms with Crippen molar-refractivity contribution in [3.8, 4) is 23.0 Å².